The molecule has 2 N–H and O–H groups in total. The number of benzene rings is 1. The molecule has 0 spiro atoms. The van der Waals surface area contributed by atoms with E-state index < -0.39 is 7.12 Å². The van der Waals surface area contributed by atoms with Crippen molar-refractivity contribution in [2.75, 3.05) is 0 Å². The van der Waals surface area contributed by atoms with Gasteiger partial charge in [-0.3, -0.25) is 4.79 Å². The highest BCUT2D eigenvalue weighted by Gasteiger charge is 2.19. The Labute approximate surface area is 89.9 Å². The van der Waals surface area contributed by atoms with Crippen LogP contribution >= 0.6 is 0 Å². The molecule has 1 aromatic carbocycles. The molecule has 0 aromatic heterocycles. The fraction of sp³-hybridized carbons (Fsp3) is 0.364. The van der Waals surface area contributed by atoms with Gasteiger partial charge in [0.25, 0.3) is 0 Å². The van der Waals surface area contributed by atoms with Crippen LogP contribution in [-0.4, -0.2) is 23.5 Å². The molecule has 80 valence electrons. The standard InChI is InChI=1S/C11H15BO3/c1-11(2,3)9-4-8(7-13)5-10(6-9)12(14)15/h4-7,14-15H,1-3H3. The Balaban J connectivity index is 3.29. The predicted octanol–water partition coefficient (Wildman–Crippen LogP) is 0.476. The van der Waals surface area contributed by atoms with Crippen LogP contribution in [0.4, 0.5) is 0 Å². The van der Waals surface area contributed by atoms with Gasteiger partial charge in [-0.15, -0.1) is 0 Å². The summed E-state index contributed by atoms with van der Waals surface area (Å²) in [6.45, 7) is 6.01. The van der Waals surface area contributed by atoms with Crippen LogP contribution in [0.2, 0.25) is 0 Å². The molecule has 15 heavy (non-hydrogen) atoms. The zero-order valence-electron chi connectivity index (χ0n) is 9.19. The van der Waals surface area contributed by atoms with Crippen molar-refractivity contribution >= 4 is 18.9 Å². The maximum absolute atomic E-state index is 10.7. The van der Waals surface area contributed by atoms with Gasteiger partial charge in [0.15, 0.2) is 0 Å². The van der Waals surface area contributed by atoms with Crippen molar-refractivity contribution in [2.24, 2.45) is 0 Å². The van der Waals surface area contributed by atoms with E-state index in [2.05, 4.69) is 0 Å². The quantitative estimate of drug-likeness (QED) is 0.546. The lowest BCUT2D eigenvalue weighted by Crippen LogP contribution is -2.31. The SMILES string of the molecule is CC(C)(C)c1cc(C=O)cc(B(O)O)c1. The summed E-state index contributed by atoms with van der Waals surface area (Å²) in [5.41, 5.74) is 1.60. The molecular formula is C11H15BO3. The number of carbonyl (C=O) groups excluding carboxylic acids is 1. The lowest BCUT2D eigenvalue weighted by Gasteiger charge is -2.20. The topological polar surface area (TPSA) is 57.5 Å². The van der Waals surface area contributed by atoms with Gasteiger partial charge in [-0.05, 0) is 22.5 Å². The van der Waals surface area contributed by atoms with Crippen molar-refractivity contribution < 1.29 is 14.8 Å². The molecule has 0 aliphatic carbocycles. The second-order valence-electron chi connectivity index (χ2n) is 4.63. The van der Waals surface area contributed by atoms with Crippen LogP contribution in [0.15, 0.2) is 18.2 Å². The van der Waals surface area contributed by atoms with E-state index >= 15 is 0 Å². The van der Waals surface area contributed by atoms with Gasteiger partial charge in [-0.1, -0.05) is 32.9 Å². The molecule has 0 fully saturated rings. The molecule has 4 heteroatoms. The molecule has 0 bridgehead atoms. The Morgan fingerprint density at radius 1 is 1.20 bits per heavy atom. The summed E-state index contributed by atoms with van der Waals surface area (Å²) in [6, 6.07) is 4.95. The average Bonchev–Trinajstić information content (AvgIpc) is 2.15. The van der Waals surface area contributed by atoms with Crippen LogP contribution in [0.3, 0.4) is 0 Å². The molecule has 3 nitrogen and oxygen atoms in total. The van der Waals surface area contributed by atoms with Gasteiger partial charge in [0, 0.05) is 5.56 Å². The van der Waals surface area contributed by atoms with E-state index in [1.807, 2.05) is 20.8 Å². The average molecular weight is 206 g/mol. The zero-order valence-corrected chi connectivity index (χ0v) is 9.19. The summed E-state index contributed by atoms with van der Waals surface area (Å²) in [6.07, 6.45) is 0.709. The third-order valence-electron chi connectivity index (χ3n) is 2.28. The first-order valence-corrected chi connectivity index (χ1v) is 4.81. The number of hydrogen-bond acceptors (Lipinski definition) is 3. The van der Waals surface area contributed by atoms with Crippen LogP contribution in [0.1, 0.15) is 36.7 Å². The molecule has 0 saturated carbocycles. The first-order chi connectivity index (χ1) is 6.84. The summed E-state index contributed by atoms with van der Waals surface area (Å²) in [5, 5.41) is 18.1. The number of rotatable bonds is 2. The van der Waals surface area contributed by atoms with Gasteiger partial charge in [0.1, 0.15) is 6.29 Å². The maximum atomic E-state index is 10.7. The Hall–Kier alpha value is -1.13. The van der Waals surface area contributed by atoms with Crippen LogP contribution in [0, 0.1) is 0 Å². The molecule has 0 radical (unpaired) electrons. The molecular weight excluding hydrogens is 191 g/mol. The minimum absolute atomic E-state index is 0.122. The molecule has 0 heterocycles. The van der Waals surface area contributed by atoms with E-state index in [0.717, 1.165) is 5.56 Å². The van der Waals surface area contributed by atoms with Crippen molar-refractivity contribution in [1.82, 2.24) is 0 Å². The van der Waals surface area contributed by atoms with Crippen molar-refractivity contribution in [3.8, 4) is 0 Å². The van der Waals surface area contributed by atoms with E-state index in [-0.39, 0.29) is 5.41 Å². The van der Waals surface area contributed by atoms with Crippen molar-refractivity contribution in [3.63, 3.8) is 0 Å². The Bertz CT molecular complexity index is 367. The highest BCUT2D eigenvalue weighted by Crippen LogP contribution is 2.21. The predicted molar refractivity (Wildman–Crippen MR) is 60.4 cm³/mol. The van der Waals surface area contributed by atoms with Crippen molar-refractivity contribution in [3.05, 3.63) is 29.3 Å². The van der Waals surface area contributed by atoms with Crippen molar-refractivity contribution in [1.29, 1.82) is 0 Å². The Kier molecular flexibility index (Phi) is 3.32. The molecule has 1 aromatic rings. The van der Waals surface area contributed by atoms with Gasteiger partial charge < -0.3 is 10.0 Å². The summed E-state index contributed by atoms with van der Waals surface area (Å²) in [4.78, 5) is 10.7. The minimum atomic E-state index is -1.54. The normalized spacial score (nSPS) is 11.3. The van der Waals surface area contributed by atoms with E-state index in [0.29, 0.717) is 17.3 Å². The second-order valence-corrected chi connectivity index (χ2v) is 4.63. The summed E-state index contributed by atoms with van der Waals surface area (Å²) >= 11 is 0. The Morgan fingerprint density at radius 3 is 2.20 bits per heavy atom. The molecule has 0 saturated heterocycles. The second kappa shape index (κ2) is 4.17. The highest BCUT2D eigenvalue weighted by molar-refractivity contribution is 6.58. The number of carbonyl (C=O) groups is 1. The van der Waals surface area contributed by atoms with Gasteiger partial charge >= 0.3 is 7.12 Å². The third-order valence-corrected chi connectivity index (χ3v) is 2.28. The monoisotopic (exact) mass is 206 g/mol. The fourth-order valence-electron chi connectivity index (χ4n) is 1.33. The highest BCUT2D eigenvalue weighted by atomic mass is 16.4. The van der Waals surface area contributed by atoms with Gasteiger partial charge in [0.05, 0.1) is 0 Å². The molecule has 1 rings (SSSR count). The first-order valence-electron chi connectivity index (χ1n) is 4.81. The Morgan fingerprint density at radius 2 is 1.80 bits per heavy atom. The molecule has 0 aliphatic heterocycles. The van der Waals surface area contributed by atoms with Gasteiger partial charge in [0.2, 0.25) is 0 Å². The fourth-order valence-corrected chi connectivity index (χ4v) is 1.33. The summed E-state index contributed by atoms with van der Waals surface area (Å²) < 4.78 is 0. The largest absolute Gasteiger partial charge is 0.488 e. The van der Waals surface area contributed by atoms with Gasteiger partial charge in [-0.2, -0.15) is 0 Å². The third kappa shape index (κ3) is 2.91. The molecule has 0 amide bonds. The smallest absolute Gasteiger partial charge is 0.423 e. The van der Waals surface area contributed by atoms with E-state index in [9.17, 15) is 4.79 Å². The number of aldehydes is 1. The van der Waals surface area contributed by atoms with Crippen molar-refractivity contribution in [2.45, 2.75) is 26.2 Å². The molecule has 0 aliphatic rings. The van der Waals surface area contributed by atoms with Gasteiger partial charge in [-0.25, -0.2) is 0 Å². The lowest BCUT2D eigenvalue weighted by molar-refractivity contribution is 0.112. The van der Waals surface area contributed by atoms with Crippen LogP contribution in [0.5, 0.6) is 0 Å². The summed E-state index contributed by atoms with van der Waals surface area (Å²) in [5.74, 6) is 0. The molecule has 0 atom stereocenters. The lowest BCUT2D eigenvalue weighted by atomic mass is 9.75. The van der Waals surface area contributed by atoms with Crippen LogP contribution < -0.4 is 5.46 Å². The molecule has 0 unspecified atom stereocenters. The first kappa shape index (κ1) is 11.9. The van der Waals surface area contributed by atoms with E-state index in [4.69, 9.17) is 10.0 Å². The van der Waals surface area contributed by atoms with Crippen LogP contribution in [0.25, 0.3) is 0 Å². The minimum Gasteiger partial charge on any atom is -0.423 e. The zero-order chi connectivity index (χ0) is 11.6. The van der Waals surface area contributed by atoms with Crippen LogP contribution in [-0.2, 0) is 5.41 Å². The van der Waals surface area contributed by atoms with E-state index in [1.54, 1.807) is 12.1 Å². The maximum Gasteiger partial charge on any atom is 0.488 e. The van der Waals surface area contributed by atoms with E-state index in [1.165, 1.54) is 6.07 Å². The number of hydrogen-bond donors (Lipinski definition) is 2. The summed E-state index contributed by atoms with van der Waals surface area (Å²) in [7, 11) is -1.54.